The van der Waals surface area contributed by atoms with Gasteiger partial charge in [-0.3, -0.25) is 4.79 Å². The van der Waals surface area contributed by atoms with E-state index in [-0.39, 0.29) is 18.1 Å². The first-order valence-corrected chi connectivity index (χ1v) is 8.74. The summed E-state index contributed by atoms with van der Waals surface area (Å²) in [5.74, 6) is -0.783. The first-order valence-electron chi connectivity index (χ1n) is 8.74. The molecule has 1 aliphatic rings. The normalized spacial score (nSPS) is 18.9. The minimum Gasteiger partial charge on any atom is -0.465 e. The quantitative estimate of drug-likeness (QED) is 0.780. The summed E-state index contributed by atoms with van der Waals surface area (Å²) >= 11 is 0. The molecule has 2 aromatic rings. The summed E-state index contributed by atoms with van der Waals surface area (Å²) in [5, 5.41) is 2.59. The fraction of sp³-hybridized carbons (Fsp3) is 0.300. The lowest BCUT2D eigenvalue weighted by Crippen LogP contribution is -3.17. The van der Waals surface area contributed by atoms with E-state index >= 15 is 0 Å². The molecule has 5 nitrogen and oxygen atoms in total. The van der Waals surface area contributed by atoms with Crippen molar-refractivity contribution in [1.82, 2.24) is 0 Å². The molecular formula is C20H20F3N2O3+. The number of ether oxygens (including phenoxy) is 1. The van der Waals surface area contributed by atoms with Crippen molar-refractivity contribution >= 4 is 17.6 Å². The number of esters is 1. The van der Waals surface area contributed by atoms with Gasteiger partial charge in [-0.25, -0.2) is 4.79 Å². The topological polar surface area (TPSA) is 59.8 Å². The Morgan fingerprint density at radius 3 is 2.36 bits per heavy atom. The molecule has 2 N–H and O–H groups in total. The van der Waals surface area contributed by atoms with Gasteiger partial charge in [-0.1, -0.05) is 24.3 Å². The molecule has 0 saturated carbocycles. The van der Waals surface area contributed by atoms with Crippen molar-refractivity contribution in [2.45, 2.75) is 25.2 Å². The fourth-order valence-electron chi connectivity index (χ4n) is 3.39. The molecule has 1 heterocycles. The first-order chi connectivity index (χ1) is 13.3. The van der Waals surface area contributed by atoms with Gasteiger partial charge in [0.05, 0.1) is 12.7 Å². The van der Waals surface area contributed by atoms with E-state index in [1.807, 2.05) is 24.3 Å². The Balaban J connectivity index is 1.70. The van der Waals surface area contributed by atoms with Crippen LogP contribution in [-0.2, 0) is 33.5 Å². The number of carbonyl (C=O) groups is 2. The molecule has 0 spiro atoms. The zero-order chi connectivity index (χ0) is 20.3. The number of alkyl halides is 3. The number of hydrogen-bond donors (Lipinski definition) is 2. The number of amides is 1. The molecule has 1 unspecified atom stereocenters. The predicted octanol–water partition coefficient (Wildman–Crippen LogP) is 1.83. The van der Waals surface area contributed by atoms with Crippen molar-refractivity contribution < 1.29 is 32.4 Å². The van der Waals surface area contributed by atoms with E-state index in [9.17, 15) is 22.8 Å². The summed E-state index contributed by atoms with van der Waals surface area (Å²) in [5.41, 5.74) is 1.59. The van der Waals surface area contributed by atoms with Crippen molar-refractivity contribution in [3.63, 3.8) is 0 Å². The zero-order valence-electron chi connectivity index (χ0n) is 15.2. The highest BCUT2D eigenvalue weighted by molar-refractivity contribution is 5.91. The van der Waals surface area contributed by atoms with E-state index in [2.05, 4.69) is 5.32 Å². The molecule has 3 rings (SSSR count). The lowest BCUT2D eigenvalue weighted by atomic mass is 9.94. The summed E-state index contributed by atoms with van der Waals surface area (Å²) in [6, 6.07) is 11.4. The Kier molecular flexibility index (Phi) is 5.69. The van der Waals surface area contributed by atoms with E-state index in [0.717, 1.165) is 28.2 Å². The smallest absolute Gasteiger partial charge is 0.416 e. The molecule has 148 valence electrons. The van der Waals surface area contributed by atoms with Gasteiger partial charge >= 0.3 is 12.1 Å². The fourth-order valence-corrected chi connectivity index (χ4v) is 3.39. The number of anilines is 1. The van der Waals surface area contributed by atoms with Crippen LogP contribution in [-0.4, -0.2) is 31.6 Å². The van der Waals surface area contributed by atoms with Crippen molar-refractivity contribution in [3.8, 4) is 0 Å². The molecule has 0 bridgehead atoms. The average molecular weight is 393 g/mol. The molecule has 1 aliphatic heterocycles. The third-order valence-electron chi connectivity index (χ3n) is 4.82. The molecule has 1 amide bonds. The van der Waals surface area contributed by atoms with Gasteiger partial charge in [0.1, 0.15) is 6.54 Å². The molecule has 0 aromatic heterocycles. The van der Waals surface area contributed by atoms with Crippen molar-refractivity contribution in [2.75, 3.05) is 19.0 Å². The van der Waals surface area contributed by atoms with Crippen molar-refractivity contribution in [2.24, 2.45) is 0 Å². The van der Waals surface area contributed by atoms with Crippen LogP contribution in [0.1, 0.15) is 16.7 Å². The minimum absolute atomic E-state index is 0.00484. The molecular weight excluding hydrogens is 373 g/mol. The Bertz CT molecular complexity index is 866. The Hall–Kier alpha value is -2.87. The largest absolute Gasteiger partial charge is 0.465 e. The summed E-state index contributed by atoms with van der Waals surface area (Å²) in [7, 11) is 1.31. The second-order valence-corrected chi connectivity index (χ2v) is 6.68. The number of hydrogen-bond acceptors (Lipinski definition) is 3. The second-order valence-electron chi connectivity index (χ2n) is 6.68. The van der Waals surface area contributed by atoms with Crippen LogP contribution in [0, 0.1) is 0 Å². The highest BCUT2D eigenvalue weighted by Crippen LogP contribution is 2.29. The SMILES string of the molecule is COC(=O)[C@@H]1Cc2ccccc2C[NH+]1CC(=O)Nc1ccc(C(F)(F)F)cc1. The van der Waals surface area contributed by atoms with Gasteiger partial charge in [0.25, 0.3) is 5.91 Å². The molecule has 2 atom stereocenters. The number of quaternary nitrogens is 1. The molecule has 2 aromatic carbocycles. The van der Waals surface area contributed by atoms with E-state index in [1.165, 1.54) is 19.2 Å². The number of fused-ring (bicyclic) bond motifs is 1. The maximum atomic E-state index is 12.6. The van der Waals surface area contributed by atoms with Gasteiger partial charge in [0.15, 0.2) is 12.6 Å². The molecule has 0 fully saturated rings. The summed E-state index contributed by atoms with van der Waals surface area (Å²) in [6.07, 6.45) is -3.96. The van der Waals surface area contributed by atoms with Gasteiger partial charge in [-0.05, 0) is 29.8 Å². The predicted molar refractivity (Wildman–Crippen MR) is 95.6 cm³/mol. The molecule has 28 heavy (non-hydrogen) atoms. The summed E-state index contributed by atoms with van der Waals surface area (Å²) in [6.45, 7) is 0.478. The highest BCUT2D eigenvalue weighted by Gasteiger charge is 2.37. The monoisotopic (exact) mass is 393 g/mol. The second kappa shape index (κ2) is 8.02. The molecule has 0 aliphatic carbocycles. The Labute approximate surface area is 160 Å². The van der Waals surface area contributed by atoms with Gasteiger partial charge in [-0.2, -0.15) is 13.2 Å². The number of halogens is 3. The van der Waals surface area contributed by atoms with Crippen LogP contribution in [0.4, 0.5) is 18.9 Å². The summed E-state index contributed by atoms with van der Waals surface area (Å²) < 4.78 is 42.8. The summed E-state index contributed by atoms with van der Waals surface area (Å²) in [4.78, 5) is 25.3. The van der Waals surface area contributed by atoms with Crippen LogP contribution in [0.25, 0.3) is 0 Å². The zero-order valence-corrected chi connectivity index (χ0v) is 15.2. The van der Waals surface area contributed by atoms with Gasteiger partial charge in [0, 0.05) is 17.7 Å². The maximum absolute atomic E-state index is 12.6. The number of benzene rings is 2. The molecule has 0 radical (unpaired) electrons. The van der Waals surface area contributed by atoms with Crippen LogP contribution in [0.3, 0.4) is 0 Å². The van der Waals surface area contributed by atoms with Gasteiger partial charge in [0.2, 0.25) is 0 Å². The molecule has 0 saturated heterocycles. The third kappa shape index (κ3) is 4.51. The van der Waals surface area contributed by atoms with Gasteiger partial charge < -0.3 is 15.0 Å². The van der Waals surface area contributed by atoms with Crippen LogP contribution < -0.4 is 10.2 Å². The van der Waals surface area contributed by atoms with E-state index in [1.54, 1.807) is 0 Å². The van der Waals surface area contributed by atoms with Crippen LogP contribution in [0.15, 0.2) is 48.5 Å². The maximum Gasteiger partial charge on any atom is 0.416 e. The first kappa shape index (κ1) is 19.9. The number of carbonyl (C=O) groups excluding carboxylic acids is 2. The van der Waals surface area contributed by atoms with Crippen LogP contribution in [0.5, 0.6) is 0 Å². The van der Waals surface area contributed by atoms with Crippen LogP contribution >= 0.6 is 0 Å². The highest BCUT2D eigenvalue weighted by atomic mass is 19.4. The van der Waals surface area contributed by atoms with E-state index < -0.39 is 23.8 Å². The van der Waals surface area contributed by atoms with E-state index in [4.69, 9.17) is 4.74 Å². The van der Waals surface area contributed by atoms with Gasteiger partial charge in [-0.15, -0.1) is 0 Å². The van der Waals surface area contributed by atoms with E-state index in [0.29, 0.717) is 13.0 Å². The number of rotatable bonds is 4. The lowest BCUT2D eigenvalue weighted by Gasteiger charge is -2.31. The van der Waals surface area contributed by atoms with Crippen molar-refractivity contribution in [1.29, 1.82) is 0 Å². The third-order valence-corrected chi connectivity index (χ3v) is 4.82. The van der Waals surface area contributed by atoms with Crippen LogP contribution in [0.2, 0.25) is 0 Å². The number of nitrogens with one attached hydrogen (secondary N) is 2. The Morgan fingerprint density at radius 1 is 1.11 bits per heavy atom. The van der Waals surface area contributed by atoms with Crippen molar-refractivity contribution in [3.05, 3.63) is 65.2 Å². The standard InChI is InChI=1S/C20H19F3N2O3/c1-28-19(27)17-10-13-4-2-3-5-14(13)11-25(17)12-18(26)24-16-8-6-15(7-9-16)20(21,22)23/h2-9,17H,10-12H2,1H3,(H,24,26)/p+1/t17-/m0/s1. The lowest BCUT2D eigenvalue weighted by molar-refractivity contribution is -0.924. The average Bonchev–Trinajstić information content (AvgIpc) is 2.66. The molecule has 8 heteroatoms. The number of methoxy groups -OCH3 is 1. The Morgan fingerprint density at radius 2 is 1.75 bits per heavy atom. The minimum atomic E-state index is -4.43.